The number of aryl methyl sites for hydroxylation is 2. The van der Waals surface area contributed by atoms with Crippen LogP contribution in [-0.2, 0) is 11.2 Å². The summed E-state index contributed by atoms with van der Waals surface area (Å²) in [6.45, 7) is 5.86. The number of para-hydroxylation sites is 1. The summed E-state index contributed by atoms with van der Waals surface area (Å²) in [4.78, 5) is 12.2. The number of amides is 1. The van der Waals surface area contributed by atoms with Crippen molar-refractivity contribution in [2.75, 3.05) is 11.9 Å². The van der Waals surface area contributed by atoms with Gasteiger partial charge in [-0.2, -0.15) is 0 Å². The second-order valence-corrected chi connectivity index (χ2v) is 5.79. The number of anilines is 1. The Bertz CT molecular complexity index is 731. The van der Waals surface area contributed by atoms with Gasteiger partial charge < -0.3 is 10.6 Å². The fraction of sp³-hybridized carbons (Fsp3) is 0.316. The summed E-state index contributed by atoms with van der Waals surface area (Å²) in [5, 5.41) is 5.94. The second-order valence-electron chi connectivity index (χ2n) is 5.79. The SMILES string of the molecule is CCc1cccc(C)c1NC(=O)CN[C@@H](C)c1ccc(F)c(F)c1. The summed E-state index contributed by atoms with van der Waals surface area (Å²) in [6, 6.07) is 9.36. The third-order valence-electron chi connectivity index (χ3n) is 4.02. The van der Waals surface area contributed by atoms with Gasteiger partial charge in [-0.05, 0) is 49.1 Å². The maximum Gasteiger partial charge on any atom is 0.238 e. The molecule has 2 rings (SSSR count). The van der Waals surface area contributed by atoms with Crippen LogP contribution in [0.4, 0.5) is 14.5 Å². The van der Waals surface area contributed by atoms with E-state index in [1.807, 2.05) is 32.0 Å². The van der Waals surface area contributed by atoms with Crippen LogP contribution in [0.5, 0.6) is 0 Å². The fourth-order valence-corrected chi connectivity index (χ4v) is 2.53. The Morgan fingerprint density at radius 3 is 2.58 bits per heavy atom. The molecule has 0 spiro atoms. The van der Waals surface area contributed by atoms with E-state index in [-0.39, 0.29) is 18.5 Å². The molecule has 0 aliphatic carbocycles. The Morgan fingerprint density at radius 1 is 1.17 bits per heavy atom. The molecule has 24 heavy (non-hydrogen) atoms. The summed E-state index contributed by atoms with van der Waals surface area (Å²) in [5.74, 6) is -1.94. The molecule has 0 saturated heterocycles. The first-order valence-corrected chi connectivity index (χ1v) is 7.99. The maximum atomic E-state index is 13.3. The number of hydrogen-bond acceptors (Lipinski definition) is 2. The lowest BCUT2D eigenvalue weighted by Crippen LogP contribution is -2.30. The van der Waals surface area contributed by atoms with Crippen molar-refractivity contribution in [2.45, 2.75) is 33.2 Å². The van der Waals surface area contributed by atoms with Crippen LogP contribution >= 0.6 is 0 Å². The highest BCUT2D eigenvalue weighted by Gasteiger charge is 2.12. The Labute approximate surface area is 141 Å². The van der Waals surface area contributed by atoms with Gasteiger partial charge >= 0.3 is 0 Å². The first-order chi connectivity index (χ1) is 11.4. The molecule has 0 heterocycles. The van der Waals surface area contributed by atoms with Crippen LogP contribution in [0.15, 0.2) is 36.4 Å². The summed E-state index contributed by atoms with van der Waals surface area (Å²) in [5.41, 5.74) is 3.52. The van der Waals surface area contributed by atoms with Gasteiger partial charge in [0, 0.05) is 11.7 Å². The number of hydrogen-bond donors (Lipinski definition) is 2. The number of nitrogens with one attached hydrogen (secondary N) is 2. The molecule has 2 N–H and O–H groups in total. The Hall–Kier alpha value is -2.27. The van der Waals surface area contributed by atoms with Crippen molar-refractivity contribution in [2.24, 2.45) is 0 Å². The molecule has 0 radical (unpaired) electrons. The zero-order valence-electron chi connectivity index (χ0n) is 14.1. The van der Waals surface area contributed by atoms with Crippen molar-refractivity contribution in [3.8, 4) is 0 Å². The number of benzene rings is 2. The summed E-state index contributed by atoms with van der Waals surface area (Å²) in [6.07, 6.45) is 0.829. The van der Waals surface area contributed by atoms with Gasteiger partial charge in [-0.3, -0.25) is 4.79 Å². The van der Waals surface area contributed by atoms with E-state index in [0.717, 1.165) is 35.4 Å². The van der Waals surface area contributed by atoms with E-state index in [1.54, 1.807) is 6.92 Å². The first kappa shape index (κ1) is 18.1. The maximum absolute atomic E-state index is 13.3. The lowest BCUT2D eigenvalue weighted by atomic mass is 10.1. The van der Waals surface area contributed by atoms with E-state index in [1.165, 1.54) is 6.07 Å². The predicted octanol–water partition coefficient (Wildman–Crippen LogP) is 4.12. The normalized spacial score (nSPS) is 12.0. The second kappa shape index (κ2) is 8.02. The van der Waals surface area contributed by atoms with Crippen LogP contribution in [0.3, 0.4) is 0 Å². The van der Waals surface area contributed by atoms with Crippen LogP contribution in [0.1, 0.15) is 36.6 Å². The predicted molar refractivity (Wildman–Crippen MR) is 92.0 cm³/mol. The van der Waals surface area contributed by atoms with Gasteiger partial charge in [0.2, 0.25) is 5.91 Å². The van der Waals surface area contributed by atoms with E-state index in [9.17, 15) is 13.6 Å². The van der Waals surface area contributed by atoms with Gasteiger partial charge in [-0.15, -0.1) is 0 Å². The number of carbonyl (C=O) groups excluding carboxylic acids is 1. The molecule has 1 amide bonds. The molecule has 5 heteroatoms. The topological polar surface area (TPSA) is 41.1 Å². The smallest absolute Gasteiger partial charge is 0.238 e. The van der Waals surface area contributed by atoms with Gasteiger partial charge in [-0.25, -0.2) is 8.78 Å². The third kappa shape index (κ3) is 4.38. The van der Waals surface area contributed by atoms with E-state index in [0.29, 0.717) is 5.56 Å². The molecule has 128 valence electrons. The number of rotatable bonds is 6. The van der Waals surface area contributed by atoms with Gasteiger partial charge in [0.1, 0.15) is 0 Å². The van der Waals surface area contributed by atoms with Crippen LogP contribution in [0, 0.1) is 18.6 Å². The van der Waals surface area contributed by atoms with Crippen LogP contribution in [0.25, 0.3) is 0 Å². The monoisotopic (exact) mass is 332 g/mol. The summed E-state index contributed by atoms with van der Waals surface area (Å²) in [7, 11) is 0. The molecule has 0 aliphatic heterocycles. The molecule has 2 aromatic rings. The van der Waals surface area contributed by atoms with Crippen molar-refractivity contribution < 1.29 is 13.6 Å². The molecular weight excluding hydrogens is 310 g/mol. The Balaban J connectivity index is 1.97. The van der Waals surface area contributed by atoms with Gasteiger partial charge in [-0.1, -0.05) is 31.2 Å². The molecular formula is C19H22F2N2O. The highest BCUT2D eigenvalue weighted by molar-refractivity contribution is 5.93. The van der Waals surface area contributed by atoms with E-state index in [2.05, 4.69) is 10.6 Å². The largest absolute Gasteiger partial charge is 0.324 e. The minimum Gasteiger partial charge on any atom is -0.324 e. The van der Waals surface area contributed by atoms with E-state index in [4.69, 9.17) is 0 Å². The molecule has 1 atom stereocenters. The zero-order valence-corrected chi connectivity index (χ0v) is 14.1. The van der Waals surface area contributed by atoms with Gasteiger partial charge in [0.05, 0.1) is 6.54 Å². The van der Waals surface area contributed by atoms with Gasteiger partial charge in [0.15, 0.2) is 11.6 Å². The zero-order chi connectivity index (χ0) is 17.7. The van der Waals surface area contributed by atoms with Crippen molar-refractivity contribution in [3.63, 3.8) is 0 Å². The minimum absolute atomic E-state index is 0.0810. The number of carbonyl (C=O) groups is 1. The Kier molecular flexibility index (Phi) is 6.04. The lowest BCUT2D eigenvalue weighted by molar-refractivity contribution is -0.115. The third-order valence-corrected chi connectivity index (χ3v) is 4.02. The van der Waals surface area contributed by atoms with Crippen LogP contribution in [0.2, 0.25) is 0 Å². The molecule has 0 aliphatic rings. The molecule has 0 saturated carbocycles. The highest BCUT2D eigenvalue weighted by atomic mass is 19.2. The average molecular weight is 332 g/mol. The van der Waals surface area contributed by atoms with E-state index < -0.39 is 11.6 Å². The summed E-state index contributed by atoms with van der Waals surface area (Å²) < 4.78 is 26.2. The quantitative estimate of drug-likeness (QED) is 0.835. The van der Waals surface area contributed by atoms with Crippen LogP contribution < -0.4 is 10.6 Å². The summed E-state index contributed by atoms with van der Waals surface area (Å²) >= 11 is 0. The standard InChI is InChI=1S/C19H22F2N2O/c1-4-14-7-5-6-12(2)19(14)23-18(24)11-22-13(3)15-8-9-16(20)17(21)10-15/h5-10,13,22H,4,11H2,1-3H3,(H,23,24)/t13-/m0/s1. The Morgan fingerprint density at radius 2 is 1.92 bits per heavy atom. The van der Waals surface area contributed by atoms with Crippen molar-refractivity contribution in [1.82, 2.24) is 5.32 Å². The van der Waals surface area contributed by atoms with Crippen molar-refractivity contribution in [1.29, 1.82) is 0 Å². The molecule has 3 nitrogen and oxygen atoms in total. The van der Waals surface area contributed by atoms with Crippen LogP contribution in [-0.4, -0.2) is 12.5 Å². The molecule has 2 aromatic carbocycles. The highest BCUT2D eigenvalue weighted by Crippen LogP contribution is 2.21. The van der Waals surface area contributed by atoms with Gasteiger partial charge in [0.25, 0.3) is 0 Å². The number of halogens is 2. The molecule has 0 bridgehead atoms. The molecule has 0 fully saturated rings. The van der Waals surface area contributed by atoms with E-state index >= 15 is 0 Å². The lowest BCUT2D eigenvalue weighted by Gasteiger charge is -2.16. The van der Waals surface area contributed by atoms with Crippen molar-refractivity contribution in [3.05, 3.63) is 64.7 Å². The average Bonchev–Trinajstić information content (AvgIpc) is 2.57. The fourth-order valence-electron chi connectivity index (χ4n) is 2.53. The van der Waals surface area contributed by atoms with Crippen molar-refractivity contribution >= 4 is 11.6 Å². The molecule has 0 unspecified atom stereocenters. The first-order valence-electron chi connectivity index (χ1n) is 7.99. The minimum atomic E-state index is -0.891. The molecule has 0 aromatic heterocycles.